The fourth-order valence-electron chi connectivity index (χ4n) is 5.45. The number of aromatic nitrogens is 3. The number of amides is 1. The molecule has 2 aromatic heterocycles. The van der Waals surface area contributed by atoms with Crippen LogP contribution in [-0.4, -0.2) is 74.7 Å². The molecule has 3 aromatic rings. The van der Waals surface area contributed by atoms with Crippen LogP contribution in [0.2, 0.25) is 5.02 Å². The van der Waals surface area contributed by atoms with Crippen molar-refractivity contribution in [3.8, 4) is 11.3 Å². The average molecular weight is 570 g/mol. The summed E-state index contributed by atoms with van der Waals surface area (Å²) in [4.78, 5) is 19.8. The zero-order valence-corrected chi connectivity index (χ0v) is 22.7. The number of thioether (sulfide) groups is 1. The molecule has 204 valence electrons. The number of hydrogen-bond donors (Lipinski definition) is 4. The molecule has 3 aliphatic heterocycles. The number of carbonyl (C=O) groups excluding carboxylic acids is 1. The molecule has 1 saturated carbocycles. The van der Waals surface area contributed by atoms with Gasteiger partial charge in [0.25, 0.3) is 0 Å². The van der Waals surface area contributed by atoms with Gasteiger partial charge in [0.1, 0.15) is 16.7 Å². The smallest absolute Gasteiger partial charge is 0.228 e. The largest absolute Gasteiger partial charge is 0.396 e. The molecule has 2 bridgehead atoms. The Balaban J connectivity index is 1.13. The lowest BCUT2D eigenvalue weighted by Crippen LogP contribution is -2.69. The molecule has 12 heteroatoms. The summed E-state index contributed by atoms with van der Waals surface area (Å²) in [6.45, 7) is 2.14. The Morgan fingerprint density at radius 3 is 2.72 bits per heavy atom. The second-order valence-electron chi connectivity index (χ2n) is 10.3. The van der Waals surface area contributed by atoms with Crippen molar-refractivity contribution >= 4 is 46.5 Å². The first-order valence-corrected chi connectivity index (χ1v) is 14.4. The molecule has 2 atom stereocenters. The molecule has 1 amide bonds. The standard InChI is InChI=1S/C27H29ClFN7O2S/c28-16-1-2-22(29)21(9-16)23-12-24(27(35-34-23)39-6-5-37)32-17-3-4-30-25(11-17)33-26(38)15-7-20(8-15)36-13-18-10-19(14-36)31-18/h1-4,9,11-12,15,18-20,31,37H,5-8,10,13-14H2,(H2,30,32,33,34,38). The van der Waals surface area contributed by atoms with Gasteiger partial charge in [-0.25, -0.2) is 9.37 Å². The Morgan fingerprint density at radius 1 is 1.15 bits per heavy atom. The van der Waals surface area contributed by atoms with Gasteiger partial charge in [-0.05, 0) is 49.6 Å². The molecule has 7 rings (SSSR count). The molecule has 3 saturated heterocycles. The summed E-state index contributed by atoms with van der Waals surface area (Å²) < 4.78 is 14.5. The number of halogens is 2. The molecule has 4 fully saturated rings. The van der Waals surface area contributed by atoms with Crippen molar-refractivity contribution in [2.24, 2.45) is 5.92 Å². The van der Waals surface area contributed by atoms with Gasteiger partial charge in [-0.15, -0.1) is 22.0 Å². The summed E-state index contributed by atoms with van der Waals surface area (Å²) in [5, 5.41) is 28.5. The van der Waals surface area contributed by atoms with Crippen LogP contribution in [0.3, 0.4) is 0 Å². The Labute approximate surface area is 234 Å². The summed E-state index contributed by atoms with van der Waals surface area (Å²) in [7, 11) is 0. The lowest BCUT2D eigenvalue weighted by atomic mass is 9.76. The first-order valence-electron chi connectivity index (χ1n) is 13.1. The van der Waals surface area contributed by atoms with Crippen molar-refractivity contribution in [1.29, 1.82) is 0 Å². The number of aliphatic hydroxyl groups excluding tert-OH is 1. The Morgan fingerprint density at radius 2 is 1.95 bits per heavy atom. The number of nitrogens with one attached hydrogen (secondary N) is 3. The average Bonchev–Trinajstić information content (AvgIpc) is 2.88. The van der Waals surface area contributed by atoms with E-state index in [0.717, 1.165) is 25.9 Å². The number of piperazine rings is 1. The fraction of sp³-hybridized carbons (Fsp3) is 0.407. The van der Waals surface area contributed by atoms with Crippen molar-refractivity contribution in [2.75, 3.05) is 36.1 Å². The van der Waals surface area contributed by atoms with E-state index in [4.69, 9.17) is 11.6 Å². The highest BCUT2D eigenvalue weighted by molar-refractivity contribution is 7.99. The maximum Gasteiger partial charge on any atom is 0.228 e. The summed E-state index contributed by atoms with van der Waals surface area (Å²) >= 11 is 7.40. The number of pyridine rings is 1. The van der Waals surface area contributed by atoms with E-state index in [1.54, 1.807) is 24.4 Å². The van der Waals surface area contributed by atoms with Crippen LogP contribution in [0.25, 0.3) is 11.3 Å². The summed E-state index contributed by atoms with van der Waals surface area (Å²) in [5.41, 5.74) is 1.80. The molecule has 2 unspecified atom stereocenters. The predicted molar refractivity (Wildman–Crippen MR) is 150 cm³/mol. The van der Waals surface area contributed by atoms with Gasteiger partial charge >= 0.3 is 0 Å². The molecule has 0 radical (unpaired) electrons. The van der Waals surface area contributed by atoms with Crippen LogP contribution in [-0.2, 0) is 4.79 Å². The highest BCUT2D eigenvalue weighted by atomic mass is 35.5. The highest BCUT2D eigenvalue weighted by Crippen LogP contribution is 2.36. The fourth-order valence-corrected chi connectivity index (χ4v) is 6.27. The van der Waals surface area contributed by atoms with Crippen LogP contribution >= 0.6 is 23.4 Å². The van der Waals surface area contributed by atoms with E-state index in [0.29, 0.717) is 56.8 Å². The molecule has 1 aromatic carbocycles. The predicted octanol–water partition coefficient (Wildman–Crippen LogP) is 3.92. The first kappa shape index (κ1) is 26.4. The Bertz CT molecular complexity index is 1360. The lowest BCUT2D eigenvalue weighted by Gasteiger charge is -2.53. The van der Waals surface area contributed by atoms with Crippen LogP contribution in [0, 0.1) is 11.7 Å². The maximum atomic E-state index is 14.5. The molecule has 39 heavy (non-hydrogen) atoms. The summed E-state index contributed by atoms with van der Waals surface area (Å²) in [6.07, 6.45) is 4.64. The summed E-state index contributed by atoms with van der Waals surface area (Å²) in [6, 6.07) is 11.2. The van der Waals surface area contributed by atoms with Crippen molar-refractivity contribution in [3.05, 3.63) is 53.4 Å². The van der Waals surface area contributed by atoms with Crippen molar-refractivity contribution in [1.82, 2.24) is 25.4 Å². The van der Waals surface area contributed by atoms with Gasteiger partial charge in [-0.1, -0.05) is 11.6 Å². The zero-order valence-electron chi connectivity index (χ0n) is 21.1. The van der Waals surface area contributed by atoms with Gasteiger partial charge in [-0.3, -0.25) is 9.69 Å². The van der Waals surface area contributed by atoms with E-state index < -0.39 is 5.82 Å². The van der Waals surface area contributed by atoms with E-state index in [2.05, 4.69) is 36.0 Å². The third kappa shape index (κ3) is 5.87. The second-order valence-corrected chi connectivity index (χ2v) is 11.8. The third-order valence-electron chi connectivity index (χ3n) is 7.54. The first-order chi connectivity index (χ1) is 18.9. The number of benzene rings is 1. The van der Waals surface area contributed by atoms with E-state index in [9.17, 15) is 14.3 Å². The second kappa shape index (κ2) is 11.3. The van der Waals surface area contributed by atoms with Crippen LogP contribution in [0.5, 0.6) is 0 Å². The summed E-state index contributed by atoms with van der Waals surface area (Å²) in [5.74, 6) is 0.380. The number of fused-ring (bicyclic) bond motifs is 2. The van der Waals surface area contributed by atoms with Gasteiger partial charge in [0, 0.05) is 71.4 Å². The lowest BCUT2D eigenvalue weighted by molar-refractivity contribution is -0.125. The number of carbonyl (C=O) groups is 1. The molecular formula is C27H29ClFN7O2S. The molecule has 1 aliphatic carbocycles. The Kier molecular flexibility index (Phi) is 7.68. The minimum atomic E-state index is -0.462. The number of piperidine rings is 1. The van der Waals surface area contributed by atoms with Gasteiger partial charge in [0.15, 0.2) is 0 Å². The molecule has 9 nitrogen and oxygen atoms in total. The topological polar surface area (TPSA) is 115 Å². The van der Waals surface area contributed by atoms with E-state index >= 15 is 0 Å². The normalized spacial score (nSPS) is 24.0. The van der Waals surface area contributed by atoms with Crippen LogP contribution in [0.4, 0.5) is 21.6 Å². The number of nitrogens with zero attached hydrogens (tertiary/aromatic N) is 4. The number of aliphatic hydroxyl groups is 1. The number of rotatable bonds is 9. The van der Waals surface area contributed by atoms with Crippen LogP contribution < -0.4 is 16.0 Å². The molecular weight excluding hydrogens is 541 g/mol. The van der Waals surface area contributed by atoms with Gasteiger partial charge < -0.3 is 21.1 Å². The number of hydrogen-bond acceptors (Lipinski definition) is 9. The zero-order chi connectivity index (χ0) is 26.9. The van der Waals surface area contributed by atoms with Gasteiger partial charge in [-0.2, -0.15) is 0 Å². The van der Waals surface area contributed by atoms with Crippen molar-refractivity contribution in [2.45, 2.75) is 42.4 Å². The molecule has 0 spiro atoms. The SMILES string of the molecule is O=C(Nc1cc(Nc2cc(-c3cc(Cl)ccc3F)nnc2SCCO)ccn1)C1CC(N2CC3CC(C2)N3)C1. The molecule has 4 N–H and O–H groups in total. The third-order valence-corrected chi connectivity index (χ3v) is 8.73. The van der Waals surface area contributed by atoms with Gasteiger partial charge in [0.05, 0.1) is 18.0 Å². The maximum absolute atomic E-state index is 14.5. The monoisotopic (exact) mass is 569 g/mol. The molecule has 4 aliphatic rings. The van der Waals surface area contributed by atoms with Crippen molar-refractivity contribution < 1.29 is 14.3 Å². The highest BCUT2D eigenvalue weighted by Gasteiger charge is 2.44. The number of anilines is 3. The quantitative estimate of drug-likeness (QED) is 0.285. The minimum Gasteiger partial charge on any atom is -0.396 e. The van der Waals surface area contributed by atoms with Crippen LogP contribution in [0.1, 0.15) is 19.3 Å². The van der Waals surface area contributed by atoms with E-state index in [1.165, 1.54) is 36.4 Å². The van der Waals surface area contributed by atoms with E-state index in [-0.39, 0.29) is 24.0 Å². The van der Waals surface area contributed by atoms with Crippen molar-refractivity contribution in [3.63, 3.8) is 0 Å². The Hall–Kier alpha value is -2.83. The van der Waals surface area contributed by atoms with E-state index in [1.807, 2.05) is 0 Å². The van der Waals surface area contributed by atoms with Gasteiger partial charge in [0.2, 0.25) is 5.91 Å². The van der Waals surface area contributed by atoms with Crippen LogP contribution in [0.15, 0.2) is 47.6 Å². The molecule has 5 heterocycles. The minimum absolute atomic E-state index is 0.0133.